The highest BCUT2D eigenvalue weighted by atomic mass is 79.9. The number of aromatic amines is 1. The summed E-state index contributed by atoms with van der Waals surface area (Å²) in [6, 6.07) is 0. The molecule has 1 N–H and O–H groups in total. The van der Waals surface area contributed by atoms with Gasteiger partial charge in [0.2, 0.25) is 5.91 Å². The highest BCUT2D eigenvalue weighted by Gasteiger charge is 2.09. The van der Waals surface area contributed by atoms with E-state index in [0.29, 0.717) is 13.0 Å². The SMILES string of the molecule is CN(Cc1ncc[nH]1)C(=O)CCCCBr. The number of halogens is 1. The Kier molecular flexibility index (Phi) is 5.39. The van der Waals surface area contributed by atoms with E-state index in [9.17, 15) is 4.79 Å². The zero-order chi connectivity index (χ0) is 11.1. The molecule has 4 nitrogen and oxygen atoms in total. The van der Waals surface area contributed by atoms with Gasteiger partial charge in [-0.1, -0.05) is 15.9 Å². The number of imidazole rings is 1. The summed E-state index contributed by atoms with van der Waals surface area (Å²) in [6.45, 7) is 0.556. The fourth-order valence-electron chi connectivity index (χ4n) is 1.26. The molecule has 1 heterocycles. The van der Waals surface area contributed by atoms with Gasteiger partial charge in [-0.15, -0.1) is 0 Å². The van der Waals surface area contributed by atoms with Crippen LogP contribution in [0.15, 0.2) is 12.4 Å². The Bertz CT molecular complexity index is 287. The summed E-state index contributed by atoms with van der Waals surface area (Å²) in [7, 11) is 1.80. The predicted molar refractivity (Wildman–Crippen MR) is 62.7 cm³/mol. The minimum absolute atomic E-state index is 0.173. The van der Waals surface area contributed by atoms with Crippen molar-refractivity contribution in [1.29, 1.82) is 0 Å². The van der Waals surface area contributed by atoms with Crippen molar-refractivity contribution < 1.29 is 4.79 Å². The molecule has 5 heteroatoms. The molecule has 0 aliphatic carbocycles. The van der Waals surface area contributed by atoms with Crippen LogP contribution in [-0.4, -0.2) is 33.2 Å². The molecular formula is C10H16BrN3O. The molecule has 0 saturated heterocycles. The summed E-state index contributed by atoms with van der Waals surface area (Å²) in [6.07, 6.45) is 6.05. The number of carbonyl (C=O) groups excluding carboxylic acids is 1. The molecule has 0 unspecified atom stereocenters. The average molecular weight is 274 g/mol. The first-order chi connectivity index (χ1) is 7.24. The van der Waals surface area contributed by atoms with E-state index in [1.165, 1.54) is 0 Å². The van der Waals surface area contributed by atoms with Crippen LogP contribution in [0, 0.1) is 0 Å². The molecule has 1 aromatic heterocycles. The highest BCUT2D eigenvalue weighted by Crippen LogP contribution is 2.03. The zero-order valence-corrected chi connectivity index (χ0v) is 10.5. The Balaban J connectivity index is 2.27. The highest BCUT2D eigenvalue weighted by molar-refractivity contribution is 9.09. The van der Waals surface area contributed by atoms with Crippen molar-refractivity contribution in [2.24, 2.45) is 0 Å². The summed E-state index contributed by atoms with van der Waals surface area (Å²) in [5.74, 6) is 0.999. The van der Waals surface area contributed by atoms with Gasteiger partial charge in [-0.3, -0.25) is 4.79 Å². The second kappa shape index (κ2) is 6.61. The van der Waals surface area contributed by atoms with E-state index in [2.05, 4.69) is 25.9 Å². The summed E-state index contributed by atoms with van der Waals surface area (Å²) in [5, 5.41) is 0.960. The normalized spacial score (nSPS) is 10.3. The molecule has 0 aliphatic heterocycles. The molecule has 0 atom stereocenters. The predicted octanol–water partition coefficient (Wildman–Crippen LogP) is 1.93. The number of aromatic nitrogens is 2. The van der Waals surface area contributed by atoms with Crippen molar-refractivity contribution in [2.45, 2.75) is 25.8 Å². The van der Waals surface area contributed by atoms with Crippen molar-refractivity contribution in [2.75, 3.05) is 12.4 Å². The molecular weight excluding hydrogens is 258 g/mol. The lowest BCUT2D eigenvalue weighted by Gasteiger charge is -2.15. The molecule has 0 saturated carbocycles. The van der Waals surface area contributed by atoms with Crippen molar-refractivity contribution in [1.82, 2.24) is 14.9 Å². The maximum atomic E-state index is 11.6. The van der Waals surface area contributed by atoms with Gasteiger partial charge in [0.05, 0.1) is 6.54 Å². The van der Waals surface area contributed by atoms with Crippen LogP contribution in [0.5, 0.6) is 0 Å². The van der Waals surface area contributed by atoms with Crippen LogP contribution in [0.3, 0.4) is 0 Å². The first kappa shape index (κ1) is 12.2. The number of amides is 1. The van der Waals surface area contributed by atoms with Crippen LogP contribution in [0.25, 0.3) is 0 Å². The summed E-state index contributed by atoms with van der Waals surface area (Å²) in [5.41, 5.74) is 0. The Morgan fingerprint density at radius 2 is 2.40 bits per heavy atom. The number of carbonyl (C=O) groups is 1. The molecule has 84 valence electrons. The Hall–Kier alpha value is -0.840. The third kappa shape index (κ3) is 4.46. The molecule has 0 radical (unpaired) electrons. The van der Waals surface area contributed by atoms with Crippen LogP contribution in [0.4, 0.5) is 0 Å². The van der Waals surface area contributed by atoms with Gasteiger partial charge in [-0.05, 0) is 12.8 Å². The van der Waals surface area contributed by atoms with Gasteiger partial charge in [0.1, 0.15) is 5.82 Å². The van der Waals surface area contributed by atoms with E-state index in [1.807, 2.05) is 0 Å². The molecule has 1 rings (SSSR count). The van der Waals surface area contributed by atoms with Crippen molar-refractivity contribution in [3.63, 3.8) is 0 Å². The number of nitrogens with one attached hydrogen (secondary N) is 1. The molecule has 0 bridgehead atoms. The van der Waals surface area contributed by atoms with E-state index < -0.39 is 0 Å². The van der Waals surface area contributed by atoms with Crippen LogP contribution < -0.4 is 0 Å². The Labute approximate surface area is 98.2 Å². The number of hydrogen-bond acceptors (Lipinski definition) is 2. The number of hydrogen-bond donors (Lipinski definition) is 1. The fraction of sp³-hybridized carbons (Fsp3) is 0.600. The number of nitrogens with zero attached hydrogens (tertiary/aromatic N) is 2. The largest absolute Gasteiger partial charge is 0.347 e. The first-order valence-electron chi connectivity index (χ1n) is 5.02. The molecule has 1 amide bonds. The van der Waals surface area contributed by atoms with Gasteiger partial charge >= 0.3 is 0 Å². The molecule has 15 heavy (non-hydrogen) atoms. The monoisotopic (exact) mass is 273 g/mol. The second-order valence-corrected chi connectivity index (χ2v) is 4.22. The average Bonchev–Trinajstić information content (AvgIpc) is 2.70. The number of rotatable bonds is 6. The smallest absolute Gasteiger partial charge is 0.222 e. The van der Waals surface area contributed by atoms with E-state index >= 15 is 0 Å². The lowest BCUT2D eigenvalue weighted by Crippen LogP contribution is -2.26. The van der Waals surface area contributed by atoms with E-state index in [4.69, 9.17) is 0 Å². The molecule has 0 aliphatic rings. The molecule has 0 fully saturated rings. The molecule has 0 spiro atoms. The molecule has 1 aromatic rings. The van der Waals surface area contributed by atoms with Gasteiger partial charge in [0.25, 0.3) is 0 Å². The standard InChI is InChI=1S/C10H16BrN3O/c1-14(8-9-12-6-7-13-9)10(15)4-2-3-5-11/h6-7H,2-5,8H2,1H3,(H,12,13). The zero-order valence-electron chi connectivity index (χ0n) is 8.87. The third-order valence-corrected chi connectivity index (χ3v) is 2.70. The number of unbranched alkanes of at least 4 members (excludes halogenated alkanes) is 1. The van der Waals surface area contributed by atoms with Crippen LogP contribution in [0.2, 0.25) is 0 Å². The van der Waals surface area contributed by atoms with Gasteiger partial charge < -0.3 is 9.88 Å². The Morgan fingerprint density at radius 3 is 3.00 bits per heavy atom. The molecule has 0 aromatic carbocycles. The van der Waals surface area contributed by atoms with Gasteiger partial charge in [0.15, 0.2) is 0 Å². The first-order valence-corrected chi connectivity index (χ1v) is 6.14. The van der Waals surface area contributed by atoms with Crippen molar-refractivity contribution >= 4 is 21.8 Å². The van der Waals surface area contributed by atoms with Gasteiger partial charge in [-0.25, -0.2) is 4.98 Å². The topological polar surface area (TPSA) is 49.0 Å². The lowest BCUT2D eigenvalue weighted by molar-refractivity contribution is -0.130. The van der Waals surface area contributed by atoms with E-state index in [-0.39, 0.29) is 5.91 Å². The van der Waals surface area contributed by atoms with Crippen molar-refractivity contribution in [3.8, 4) is 0 Å². The second-order valence-electron chi connectivity index (χ2n) is 3.43. The van der Waals surface area contributed by atoms with Gasteiger partial charge in [-0.2, -0.15) is 0 Å². The lowest BCUT2D eigenvalue weighted by atomic mass is 10.2. The summed E-state index contributed by atoms with van der Waals surface area (Å²) < 4.78 is 0. The third-order valence-electron chi connectivity index (χ3n) is 2.14. The minimum Gasteiger partial charge on any atom is -0.347 e. The van der Waals surface area contributed by atoms with Crippen LogP contribution in [0.1, 0.15) is 25.1 Å². The van der Waals surface area contributed by atoms with E-state index in [1.54, 1.807) is 24.3 Å². The maximum absolute atomic E-state index is 11.6. The van der Waals surface area contributed by atoms with Gasteiger partial charge in [0, 0.05) is 31.2 Å². The maximum Gasteiger partial charge on any atom is 0.222 e. The quantitative estimate of drug-likeness (QED) is 0.636. The minimum atomic E-state index is 0.173. The van der Waals surface area contributed by atoms with E-state index in [0.717, 1.165) is 24.0 Å². The fourth-order valence-corrected chi connectivity index (χ4v) is 1.66. The summed E-state index contributed by atoms with van der Waals surface area (Å²) >= 11 is 3.35. The number of H-pyrrole nitrogens is 1. The van der Waals surface area contributed by atoms with Crippen molar-refractivity contribution in [3.05, 3.63) is 18.2 Å². The Morgan fingerprint density at radius 1 is 1.60 bits per heavy atom. The van der Waals surface area contributed by atoms with Crippen LogP contribution >= 0.6 is 15.9 Å². The summed E-state index contributed by atoms with van der Waals surface area (Å²) in [4.78, 5) is 20.4. The number of alkyl halides is 1. The van der Waals surface area contributed by atoms with Crippen LogP contribution in [-0.2, 0) is 11.3 Å².